The fourth-order valence-electron chi connectivity index (χ4n) is 7.51. The van der Waals surface area contributed by atoms with Gasteiger partial charge in [-0.1, -0.05) is 72.8 Å². The van der Waals surface area contributed by atoms with E-state index in [4.69, 9.17) is 9.98 Å². The molecule has 10 rings (SSSR count). The largest absolute Gasteiger partial charge is 0.309 e. The van der Waals surface area contributed by atoms with Gasteiger partial charge in [0.2, 0.25) is 0 Å². The Bertz CT molecular complexity index is 2730. The summed E-state index contributed by atoms with van der Waals surface area (Å²) in [6, 6.07) is 44.8. The lowest BCUT2D eigenvalue weighted by molar-refractivity contribution is 1.05. The summed E-state index contributed by atoms with van der Waals surface area (Å²) in [5.41, 5.74) is 12.7. The van der Waals surface area contributed by atoms with Crippen LogP contribution in [0.4, 0.5) is 0 Å². The quantitative estimate of drug-likeness (QED) is 0.188. The highest BCUT2D eigenvalue weighted by Crippen LogP contribution is 2.35. The lowest BCUT2D eigenvalue weighted by Gasteiger charge is -2.15. The Hall–Kier alpha value is -6.66. The van der Waals surface area contributed by atoms with Crippen LogP contribution in [0.1, 0.15) is 24.1 Å². The first kappa shape index (κ1) is 28.4. The zero-order valence-corrected chi connectivity index (χ0v) is 27.1. The van der Waals surface area contributed by atoms with Crippen LogP contribution in [0.2, 0.25) is 0 Å². The Morgan fingerprint density at radius 2 is 1.04 bits per heavy atom. The number of aromatic nitrogens is 5. The van der Waals surface area contributed by atoms with Crippen molar-refractivity contribution in [3.05, 3.63) is 170 Å². The van der Waals surface area contributed by atoms with Crippen LogP contribution in [-0.2, 0) is 0 Å². The van der Waals surface area contributed by atoms with Crippen molar-refractivity contribution in [2.45, 2.75) is 12.8 Å². The van der Waals surface area contributed by atoms with E-state index in [0.29, 0.717) is 0 Å². The van der Waals surface area contributed by atoms with E-state index >= 15 is 0 Å². The van der Waals surface area contributed by atoms with Crippen molar-refractivity contribution < 1.29 is 0 Å². The highest BCUT2D eigenvalue weighted by atomic mass is 15.0. The first-order chi connectivity index (χ1) is 24.8. The minimum atomic E-state index is 0.842. The van der Waals surface area contributed by atoms with Gasteiger partial charge in [0.25, 0.3) is 0 Å². The number of nitrogens with zero attached hydrogens (tertiary/aromatic N) is 6. The number of benzene rings is 4. The van der Waals surface area contributed by atoms with Crippen molar-refractivity contribution in [1.29, 1.82) is 0 Å². The number of fused-ring (bicyclic) bond motifs is 6. The summed E-state index contributed by atoms with van der Waals surface area (Å²) < 4.78 is 4.63. The molecule has 5 aromatic heterocycles. The van der Waals surface area contributed by atoms with Gasteiger partial charge in [0.1, 0.15) is 0 Å². The van der Waals surface area contributed by atoms with Crippen molar-refractivity contribution in [1.82, 2.24) is 24.1 Å². The van der Waals surface area contributed by atoms with Crippen molar-refractivity contribution >= 4 is 55.0 Å². The predicted molar refractivity (Wildman–Crippen MR) is 204 cm³/mol. The van der Waals surface area contributed by atoms with Gasteiger partial charge < -0.3 is 9.13 Å². The average Bonchev–Trinajstić information content (AvgIpc) is 3.71. The Balaban J connectivity index is 1.01. The number of hydrogen-bond donors (Lipinski definition) is 0. The fraction of sp³-hybridized carbons (Fsp3) is 0.0455. The van der Waals surface area contributed by atoms with Gasteiger partial charge in [0.05, 0.1) is 44.9 Å². The van der Waals surface area contributed by atoms with Gasteiger partial charge in [-0.3, -0.25) is 15.0 Å². The van der Waals surface area contributed by atoms with Crippen LogP contribution in [0.5, 0.6) is 0 Å². The van der Waals surface area contributed by atoms with E-state index in [9.17, 15) is 0 Å². The van der Waals surface area contributed by atoms with Crippen molar-refractivity contribution in [2.75, 3.05) is 0 Å². The first-order valence-electron chi connectivity index (χ1n) is 16.9. The molecule has 9 aromatic rings. The van der Waals surface area contributed by atoms with Crippen molar-refractivity contribution in [3.8, 4) is 22.6 Å². The summed E-state index contributed by atoms with van der Waals surface area (Å²) in [4.78, 5) is 19.2. The molecule has 0 unspecified atom stereocenters. The molecular weight excluding hydrogens is 613 g/mol. The van der Waals surface area contributed by atoms with Gasteiger partial charge in [0.15, 0.2) is 0 Å². The van der Waals surface area contributed by atoms with Crippen LogP contribution in [0, 0.1) is 0 Å². The molecule has 50 heavy (non-hydrogen) atoms. The topological polar surface area (TPSA) is 60.9 Å². The minimum absolute atomic E-state index is 0.842. The van der Waals surface area contributed by atoms with Gasteiger partial charge in [0, 0.05) is 68.8 Å². The third-order valence-electron chi connectivity index (χ3n) is 9.77. The Morgan fingerprint density at radius 1 is 0.480 bits per heavy atom. The monoisotopic (exact) mass is 642 g/mol. The minimum Gasteiger partial charge on any atom is -0.309 e. The van der Waals surface area contributed by atoms with Crippen LogP contribution in [0.25, 0.3) is 71.9 Å². The second-order valence-corrected chi connectivity index (χ2v) is 12.7. The van der Waals surface area contributed by atoms with E-state index in [1.165, 1.54) is 10.8 Å². The van der Waals surface area contributed by atoms with Crippen LogP contribution in [0.15, 0.2) is 163 Å². The maximum Gasteiger partial charge on any atom is 0.0852 e. The van der Waals surface area contributed by atoms with E-state index in [0.717, 1.165) is 91.0 Å². The molecule has 0 bridgehead atoms. The predicted octanol–water partition coefficient (Wildman–Crippen LogP) is 10.4. The van der Waals surface area contributed by atoms with E-state index in [1.54, 1.807) is 0 Å². The molecule has 0 amide bonds. The number of hydrogen-bond acceptors (Lipinski definition) is 4. The second-order valence-electron chi connectivity index (χ2n) is 12.7. The summed E-state index contributed by atoms with van der Waals surface area (Å²) in [5, 5.41) is 4.68. The molecule has 0 radical (unpaired) electrons. The van der Waals surface area contributed by atoms with Crippen LogP contribution in [-0.4, -0.2) is 29.8 Å². The van der Waals surface area contributed by atoms with E-state index in [1.807, 2.05) is 24.8 Å². The van der Waals surface area contributed by atoms with Crippen molar-refractivity contribution in [2.24, 2.45) is 4.99 Å². The van der Waals surface area contributed by atoms with E-state index in [2.05, 4.69) is 153 Å². The Morgan fingerprint density at radius 3 is 1.72 bits per heavy atom. The molecule has 0 spiro atoms. The highest BCUT2D eigenvalue weighted by Gasteiger charge is 2.17. The highest BCUT2D eigenvalue weighted by molar-refractivity contribution is 6.10. The van der Waals surface area contributed by atoms with Gasteiger partial charge in [-0.05, 0) is 73.5 Å². The van der Waals surface area contributed by atoms with Crippen LogP contribution < -0.4 is 0 Å². The van der Waals surface area contributed by atoms with Gasteiger partial charge in [-0.2, -0.15) is 0 Å². The van der Waals surface area contributed by atoms with Crippen molar-refractivity contribution in [3.63, 3.8) is 0 Å². The molecule has 4 aromatic carbocycles. The van der Waals surface area contributed by atoms with E-state index in [-0.39, 0.29) is 0 Å². The van der Waals surface area contributed by atoms with Gasteiger partial charge >= 0.3 is 0 Å². The molecule has 0 saturated heterocycles. The fourth-order valence-corrected chi connectivity index (χ4v) is 7.51. The lowest BCUT2D eigenvalue weighted by Crippen LogP contribution is -2.08. The molecule has 0 N–H and O–H groups in total. The zero-order valence-electron chi connectivity index (χ0n) is 27.1. The molecule has 6 nitrogen and oxygen atoms in total. The average molecular weight is 643 g/mol. The molecular formula is C44H30N6. The smallest absolute Gasteiger partial charge is 0.0852 e. The van der Waals surface area contributed by atoms with Gasteiger partial charge in [-0.25, -0.2) is 4.98 Å². The summed E-state index contributed by atoms with van der Waals surface area (Å²) in [5.74, 6) is 0. The zero-order chi connectivity index (χ0) is 33.0. The third kappa shape index (κ3) is 4.57. The normalized spacial score (nSPS) is 13.3. The number of pyridine rings is 3. The lowest BCUT2D eigenvalue weighted by atomic mass is 10.0. The van der Waals surface area contributed by atoms with E-state index < -0.39 is 0 Å². The first-order valence-corrected chi connectivity index (χ1v) is 16.9. The molecule has 6 heteroatoms. The molecule has 1 aliphatic rings. The molecule has 0 atom stereocenters. The molecule has 6 heterocycles. The summed E-state index contributed by atoms with van der Waals surface area (Å²) in [7, 11) is 0. The second kappa shape index (κ2) is 11.5. The molecule has 0 saturated carbocycles. The number of rotatable bonds is 5. The Kier molecular flexibility index (Phi) is 6.52. The maximum absolute atomic E-state index is 5.22. The SMILES string of the molecule is C1=C(c2cccc(-n3c4ccccc4c4cnccc43)c2)N=C(c2cccc(-c3cccc(-n4c5ccccc5c5cnccc54)c3)n2)CC1. The van der Waals surface area contributed by atoms with Gasteiger partial charge in [-0.15, -0.1) is 0 Å². The summed E-state index contributed by atoms with van der Waals surface area (Å²) >= 11 is 0. The number of aliphatic imine (C=N–C) groups is 1. The summed E-state index contributed by atoms with van der Waals surface area (Å²) in [6.07, 6.45) is 11.6. The molecule has 0 fully saturated rings. The van der Waals surface area contributed by atoms with Crippen LogP contribution in [0.3, 0.4) is 0 Å². The standard InChI is InChI=1S/C44H30N6/c1-3-19-41-33(13-1)35-27-45-23-21-43(35)49(41)31-11-5-9-29(25-31)37-15-7-17-39(47-37)40-18-8-16-38(48-40)30-10-6-12-32(26-30)50-42-20-4-2-14-34(42)36-28-46-24-22-44(36)50/h1-7,9-17,19-28H,8,18H2. The summed E-state index contributed by atoms with van der Waals surface area (Å²) in [6.45, 7) is 0. The third-order valence-corrected chi connectivity index (χ3v) is 9.77. The number of para-hydroxylation sites is 2. The number of allylic oxidation sites excluding steroid dienone is 1. The Labute approximate surface area is 288 Å². The van der Waals surface area contributed by atoms with Crippen LogP contribution >= 0.6 is 0 Å². The maximum atomic E-state index is 5.22. The molecule has 236 valence electrons. The molecule has 0 aliphatic carbocycles. The molecule has 1 aliphatic heterocycles.